The lowest BCUT2D eigenvalue weighted by Gasteiger charge is -2.25. The van der Waals surface area contributed by atoms with Gasteiger partial charge in [0.25, 0.3) is 0 Å². The van der Waals surface area contributed by atoms with Gasteiger partial charge in [-0.2, -0.15) is 4.89 Å². The van der Waals surface area contributed by atoms with Crippen LogP contribution in [0.15, 0.2) is 54.6 Å². The number of carboxylic acid groups (broad SMARTS) is 3. The molecule has 0 aliphatic heterocycles. The van der Waals surface area contributed by atoms with Gasteiger partial charge in [-0.3, -0.25) is 9.59 Å². The largest absolute Gasteiger partial charge is 0.512 e. The molecule has 158 valence electrons. The Labute approximate surface area is 172 Å². The zero-order valence-corrected chi connectivity index (χ0v) is 16.6. The van der Waals surface area contributed by atoms with Crippen LogP contribution in [-0.4, -0.2) is 43.8 Å². The first-order valence-corrected chi connectivity index (χ1v) is 10.2. The zero-order valence-electron chi connectivity index (χ0n) is 15.7. The van der Waals surface area contributed by atoms with Gasteiger partial charge < -0.3 is 20.6 Å². The van der Waals surface area contributed by atoms with Gasteiger partial charge in [-0.1, -0.05) is 36.4 Å². The molecule has 0 fully saturated rings. The van der Waals surface area contributed by atoms with E-state index in [-0.39, 0.29) is 12.0 Å². The SMILES string of the molecule is O=C(O)CCC(C(=O)O)C(C(Nc1cccc(C(=O)O)c1)c1ccccc1)[P+](=O)O. The molecule has 9 nitrogen and oxygen atoms in total. The van der Waals surface area contributed by atoms with Crippen molar-refractivity contribution < 1.29 is 39.2 Å². The van der Waals surface area contributed by atoms with Crippen LogP contribution in [-0.2, 0) is 14.2 Å². The van der Waals surface area contributed by atoms with Gasteiger partial charge in [0.2, 0.25) is 5.66 Å². The molecule has 0 bridgehead atoms. The number of benzene rings is 2. The highest BCUT2D eigenvalue weighted by Crippen LogP contribution is 2.42. The van der Waals surface area contributed by atoms with Crippen molar-refractivity contribution in [1.82, 2.24) is 0 Å². The second-order valence-electron chi connectivity index (χ2n) is 6.59. The van der Waals surface area contributed by atoms with Crippen molar-refractivity contribution in [2.45, 2.75) is 24.5 Å². The predicted molar refractivity (Wildman–Crippen MR) is 108 cm³/mol. The first-order valence-electron chi connectivity index (χ1n) is 8.95. The molecule has 30 heavy (non-hydrogen) atoms. The Morgan fingerprint density at radius 1 is 0.967 bits per heavy atom. The Morgan fingerprint density at radius 3 is 2.17 bits per heavy atom. The molecule has 5 N–H and O–H groups in total. The van der Waals surface area contributed by atoms with E-state index < -0.39 is 50.0 Å². The van der Waals surface area contributed by atoms with Gasteiger partial charge in [0.1, 0.15) is 12.0 Å². The highest BCUT2D eigenvalue weighted by atomic mass is 31.1. The lowest BCUT2D eigenvalue weighted by atomic mass is 9.90. The number of hydrogen-bond donors (Lipinski definition) is 5. The van der Waals surface area contributed by atoms with Crippen molar-refractivity contribution >= 4 is 31.6 Å². The van der Waals surface area contributed by atoms with Crippen LogP contribution in [0.1, 0.15) is 34.8 Å². The zero-order chi connectivity index (χ0) is 22.3. The van der Waals surface area contributed by atoms with Gasteiger partial charge >= 0.3 is 25.9 Å². The van der Waals surface area contributed by atoms with Crippen molar-refractivity contribution in [2.24, 2.45) is 5.92 Å². The number of hydrogen-bond acceptors (Lipinski definition) is 5. The van der Waals surface area contributed by atoms with Crippen LogP contribution in [0.25, 0.3) is 0 Å². The normalized spacial score (nSPS) is 14.2. The monoisotopic (exact) mass is 434 g/mol. The van der Waals surface area contributed by atoms with Gasteiger partial charge in [-0.25, -0.2) is 4.79 Å². The Hall–Kier alpha value is -3.29. The number of aromatic carboxylic acids is 1. The van der Waals surface area contributed by atoms with E-state index >= 15 is 0 Å². The molecule has 10 heteroatoms. The summed E-state index contributed by atoms with van der Waals surface area (Å²) in [5.74, 6) is -5.19. The van der Waals surface area contributed by atoms with Crippen LogP contribution in [0.2, 0.25) is 0 Å². The lowest BCUT2D eigenvalue weighted by Crippen LogP contribution is -2.35. The van der Waals surface area contributed by atoms with Gasteiger partial charge in [-0.05, 0) is 34.7 Å². The fraction of sp³-hybridized carbons (Fsp3) is 0.250. The molecule has 0 saturated carbocycles. The van der Waals surface area contributed by atoms with Crippen molar-refractivity contribution in [1.29, 1.82) is 0 Å². The Balaban J connectivity index is 2.51. The minimum Gasteiger partial charge on any atom is -0.481 e. The van der Waals surface area contributed by atoms with E-state index in [4.69, 9.17) is 5.11 Å². The van der Waals surface area contributed by atoms with Crippen molar-refractivity contribution in [3.05, 3.63) is 65.7 Å². The number of carboxylic acids is 3. The summed E-state index contributed by atoms with van der Waals surface area (Å²) < 4.78 is 12.3. The second kappa shape index (κ2) is 10.5. The fourth-order valence-electron chi connectivity index (χ4n) is 3.18. The summed E-state index contributed by atoms with van der Waals surface area (Å²) in [6.07, 6.45) is -0.816. The van der Waals surface area contributed by atoms with E-state index in [1.54, 1.807) is 36.4 Å². The van der Waals surface area contributed by atoms with Crippen LogP contribution in [0.4, 0.5) is 5.69 Å². The number of nitrogens with one attached hydrogen (secondary N) is 1. The van der Waals surface area contributed by atoms with Gasteiger partial charge in [0, 0.05) is 12.1 Å². The van der Waals surface area contributed by atoms with Gasteiger partial charge in [-0.15, -0.1) is 0 Å². The topological polar surface area (TPSA) is 161 Å². The summed E-state index contributed by atoms with van der Waals surface area (Å²) in [6.45, 7) is 0. The summed E-state index contributed by atoms with van der Waals surface area (Å²) in [7, 11) is -3.05. The molecule has 0 radical (unpaired) electrons. The molecule has 0 aliphatic carbocycles. The van der Waals surface area contributed by atoms with E-state index in [0.29, 0.717) is 11.3 Å². The number of rotatable bonds is 11. The third-order valence-electron chi connectivity index (χ3n) is 4.59. The van der Waals surface area contributed by atoms with Crippen LogP contribution >= 0.6 is 8.03 Å². The standard InChI is InChI=1S/C20H20NO8P/c22-16(23)10-9-15(20(26)27)18(30(28)29)17(12-5-2-1-3-6-12)21-14-8-4-7-13(11-14)19(24)25/h1-8,11,15,17-18,21H,9-10H2,(H3-,22,23,24,25,26,27,28,29)/p+1. The molecule has 4 unspecified atom stereocenters. The molecular weight excluding hydrogens is 413 g/mol. The molecular formula is C20H21NO8P+. The average molecular weight is 434 g/mol. The van der Waals surface area contributed by atoms with Crippen molar-refractivity contribution in [2.75, 3.05) is 5.32 Å². The summed E-state index contributed by atoms with van der Waals surface area (Å²) in [5, 5.41) is 30.8. The molecule has 2 aromatic rings. The maximum absolute atomic E-state index is 12.3. The predicted octanol–water partition coefficient (Wildman–Crippen LogP) is 3.21. The minimum atomic E-state index is -3.05. The fourth-order valence-corrected chi connectivity index (χ4v) is 4.27. The summed E-state index contributed by atoms with van der Waals surface area (Å²) >= 11 is 0. The quantitative estimate of drug-likeness (QED) is 0.334. The molecule has 0 spiro atoms. The summed E-state index contributed by atoms with van der Waals surface area (Å²) in [6, 6.07) is 13.1. The van der Waals surface area contributed by atoms with Gasteiger partial charge in [0.05, 0.1) is 5.56 Å². The van der Waals surface area contributed by atoms with E-state index in [2.05, 4.69) is 5.32 Å². The maximum Gasteiger partial charge on any atom is 0.512 e. The maximum atomic E-state index is 12.3. The number of anilines is 1. The Bertz CT molecular complexity index is 933. The third kappa shape index (κ3) is 6.10. The molecule has 2 aromatic carbocycles. The smallest absolute Gasteiger partial charge is 0.481 e. The van der Waals surface area contributed by atoms with E-state index in [1.807, 2.05) is 0 Å². The van der Waals surface area contributed by atoms with Crippen LogP contribution in [0.5, 0.6) is 0 Å². The van der Waals surface area contributed by atoms with E-state index in [9.17, 15) is 34.1 Å². The molecule has 0 amide bonds. The highest BCUT2D eigenvalue weighted by Gasteiger charge is 2.48. The number of carbonyl (C=O) groups is 3. The van der Waals surface area contributed by atoms with E-state index in [0.717, 1.165) is 0 Å². The molecule has 2 rings (SSSR count). The van der Waals surface area contributed by atoms with Gasteiger partial charge in [0.15, 0.2) is 0 Å². The second-order valence-corrected chi connectivity index (χ2v) is 7.79. The van der Waals surface area contributed by atoms with E-state index in [1.165, 1.54) is 18.2 Å². The van der Waals surface area contributed by atoms with Crippen LogP contribution in [0.3, 0.4) is 0 Å². The Kier molecular flexibility index (Phi) is 8.03. The molecule has 0 saturated heterocycles. The summed E-state index contributed by atoms with van der Waals surface area (Å²) in [5.41, 5.74) is -0.569. The average Bonchev–Trinajstić information content (AvgIpc) is 2.70. The molecule has 0 aromatic heterocycles. The van der Waals surface area contributed by atoms with Crippen LogP contribution in [0, 0.1) is 5.92 Å². The molecule has 0 aliphatic rings. The van der Waals surface area contributed by atoms with Crippen LogP contribution < -0.4 is 5.32 Å². The molecule has 4 atom stereocenters. The number of aliphatic carboxylic acids is 2. The first kappa shape index (κ1) is 23.0. The van der Waals surface area contributed by atoms with Crippen molar-refractivity contribution in [3.8, 4) is 0 Å². The lowest BCUT2D eigenvalue weighted by molar-refractivity contribution is -0.143. The minimum absolute atomic E-state index is 0.0163. The summed E-state index contributed by atoms with van der Waals surface area (Å²) in [4.78, 5) is 44.1. The Morgan fingerprint density at radius 2 is 1.63 bits per heavy atom. The highest BCUT2D eigenvalue weighted by molar-refractivity contribution is 7.39. The van der Waals surface area contributed by atoms with Crippen molar-refractivity contribution in [3.63, 3.8) is 0 Å². The first-order chi connectivity index (χ1) is 14.2. The third-order valence-corrected chi connectivity index (χ3v) is 5.75. The molecule has 0 heterocycles.